The summed E-state index contributed by atoms with van der Waals surface area (Å²) in [5.74, 6) is 0. The van der Waals surface area contributed by atoms with Crippen LogP contribution in [0.15, 0.2) is 24.3 Å². The molecule has 2 aliphatic heterocycles. The van der Waals surface area contributed by atoms with Crippen LogP contribution in [0, 0.1) is 6.92 Å². The normalized spacial score (nSPS) is 19.6. The number of aryl methyl sites for hydroxylation is 1. The van der Waals surface area contributed by atoms with E-state index in [2.05, 4.69) is 40.6 Å². The molecule has 2 aromatic heterocycles. The molecule has 3 aromatic rings. The number of tetrazole rings is 1. The second-order valence-corrected chi connectivity index (χ2v) is 8.04. The predicted octanol–water partition coefficient (Wildman–Crippen LogP) is 2.02. The number of aromatic nitrogens is 4. The van der Waals surface area contributed by atoms with E-state index in [4.69, 9.17) is 9.47 Å². The fourth-order valence-electron chi connectivity index (χ4n) is 4.31. The average molecular weight is 410 g/mol. The number of carbonyl (C=O) groups is 1. The van der Waals surface area contributed by atoms with Crippen LogP contribution in [-0.4, -0.2) is 81.4 Å². The Morgan fingerprint density at radius 1 is 1.23 bits per heavy atom. The summed E-state index contributed by atoms with van der Waals surface area (Å²) in [7, 11) is 0. The lowest BCUT2D eigenvalue weighted by Crippen LogP contribution is -2.49. The van der Waals surface area contributed by atoms with Crippen LogP contribution >= 0.6 is 0 Å². The molecule has 0 aliphatic carbocycles. The first-order valence-corrected chi connectivity index (χ1v) is 10.5. The molecule has 0 saturated carbocycles. The van der Waals surface area contributed by atoms with Gasteiger partial charge in [0.05, 0.1) is 31.4 Å². The summed E-state index contributed by atoms with van der Waals surface area (Å²) in [5, 5.41) is 13.4. The molecular weight excluding hydrogens is 384 g/mol. The van der Waals surface area contributed by atoms with Crippen molar-refractivity contribution in [2.75, 3.05) is 39.5 Å². The number of amides is 2. The van der Waals surface area contributed by atoms with Gasteiger partial charge >= 0.3 is 6.03 Å². The highest BCUT2D eigenvalue weighted by molar-refractivity contribution is 5.84. The summed E-state index contributed by atoms with van der Waals surface area (Å²) in [6, 6.07) is 8.32. The van der Waals surface area contributed by atoms with E-state index in [1.807, 2.05) is 15.9 Å². The molecule has 158 valence electrons. The Labute approximate surface area is 174 Å². The standard InChI is InChI=1S/C21H26N6O3/c1-15-4-5-19-16(11-15)12-17(20-22-23-24-27(19)20)13-26(14-18-3-2-8-30-18)21(28)25-6-9-29-10-7-25/h4-5,11-12,18H,2-3,6-10,13-14H2,1H3/t18-/m1/s1. The van der Waals surface area contributed by atoms with Gasteiger partial charge in [-0.25, -0.2) is 4.79 Å². The van der Waals surface area contributed by atoms with Gasteiger partial charge in [0, 0.05) is 37.2 Å². The van der Waals surface area contributed by atoms with Crippen molar-refractivity contribution in [1.29, 1.82) is 0 Å². The van der Waals surface area contributed by atoms with Crippen LogP contribution in [0.2, 0.25) is 0 Å². The number of morpholine rings is 1. The molecule has 2 amide bonds. The minimum atomic E-state index is 0.0174. The van der Waals surface area contributed by atoms with E-state index in [1.165, 1.54) is 5.56 Å². The van der Waals surface area contributed by atoms with Crippen LogP contribution in [0.3, 0.4) is 0 Å². The lowest BCUT2D eigenvalue weighted by Gasteiger charge is -2.34. The maximum Gasteiger partial charge on any atom is 0.320 e. The predicted molar refractivity (Wildman–Crippen MR) is 110 cm³/mol. The van der Waals surface area contributed by atoms with E-state index in [1.54, 1.807) is 4.52 Å². The van der Waals surface area contributed by atoms with Crippen molar-refractivity contribution < 1.29 is 14.3 Å². The second-order valence-electron chi connectivity index (χ2n) is 8.04. The summed E-state index contributed by atoms with van der Waals surface area (Å²) in [5.41, 5.74) is 3.73. The highest BCUT2D eigenvalue weighted by Gasteiger charge is 2.28. The zero-order valence-corrected chi connectivity index (χ0v) is 17.2. The zero-order valence-electron chi connectivity index (χ0n) is 17.2. The topological polar surface area (TPSA) is 85.1 Å². The number of benzene rings is 1. The minimum Gasteiger partial charge on any atom is -0.378 e. The molecule has 0 bridgehead atoms. The smallest absolute Gasteiger partial charge is 0.320 e. The van der Waals surface area contributed by atoms with E-state index in [-0.39, 0.29) is 12.1 Å². The summed E-state index contributed by atoms with van der Waals surface area (Å²) in [6.45, 7) is 6.20. The number of carbonyl (C=O) groups excluding carboxylic acids is 1. The van der Waals surface area contributed by atoms with Crippen LogP contribution in [0.4, 0.5) is 4.79 Å². The van der Waals surface area contributed by atoms with Crippen LogP contribution < -0.4 is 0 Å². The molecule has 0 spiro atoms. The zero-order chi connectivity index (χ0) is 20.5. The highest BCUT2D eigenvalue weighted by atomic mass is 16.5. The van der Waals surface area contributed by atoms with E-state index >= 15 is 0 Å². The first-order chi connectivity index (χ1) is 14.7. The lowest BCUT2D eigenvalue weighted by molar-refractivity contribution is 0.0327. The number of ether oxygens (including phenoxy) is 2. The average Bonchev–Trinajstić information content (AvgIpc) is 3.45. The Balaban J connectivity index is 1.50. The van der Waals surface area contributed by atoms with Crippen molar-refractivity contribution in [2.24, 2.45) is 0 Å². The van der Waals surface area contributed by atoms with Gasteiger partial charge in [0.15, 0.2) is 5.65 Å². The van der Waals surface area contributed by atoms with Crippen molar-refractivity contribution in [3.63, 3.8) is 0 Å². The molecule has 5 rings (SSSR count). The number of hydrogen-bond donors (Lipinski definition) is 0. The van der Waals surface area contributed by atoms with E-state index in [9.17, 15) is 4.79 Å². The number of rotatable bonds is 4. The summed E-state index contributed by atoms with van der Waals surface area (Å²) < 4.78 is 13.0. The molecule has 1 atom stereocenters. The van der Waals surface area contributed by atoms with E-state index < -0.39 is 0 Å². The van der Waals surface area contributed by atoms with Gasteiger partial charge < -0.3 is 19.3 Å². The van der Waals surface area contributed by atoms with Gasteiger partial charge in [0.2, 0.25) is 0 Å². The molecule has 9 nitrogen and oxygen atoms in total. The van der Waals surface area contributed by atoms with Crippen molar-refractivity contribution in [3.05, 3.63) is 35.4 Å². The monoisotopic (exact) mass is 410 g/mol. The number of urea groups is 1. The summed E-state index contributed by atoms with van der Waals surface area (Å²) >= 11 is 0. The fourth-order valence-corrected chi connectivity index (χ4v) is 4.31. The van der Waals surface area contributed by atoms with E-state index in [0.29, 0.717) is 45.0 Å². The largest absolute Gasteiger partial charge is 0.378 e. The quantitative estimate of drug-likeness (QED) is 0.654. The van der Waals surface area contributed by atoms with Crippen LogP contribution in [0.1, 0.15) is 24.0 Å². The third-order valence-corrected chi connectivity index (χ3v) is 5.86. The molecular formula is C21H26N6O3. The third kappa shape index (κ3) is 3.70. The Morgan fingerprint density at radius 3 is 2.90 bits per heavy atom. The van der Waals surface area contributed by atoms with Crippen LogP contribution in [-0.2, 0) is 16.0 Å². The number of hydrogen-bond acceptors (Lipinski definition) is 6. The van der Waals surface area contributed by atoms with Crippen molar-refractivity contribution in [1.82, 2.24) is 29.8 Å². The Hall–Kier alpha value is -2.78. The molecule has 30 heavy (non-hydrogen) atoms. The highest BCUT2D eigenvalue weighted by Crippen LogP contribution is 2.23. The molecule has 4 heterocycles. The number of nitrogens with zero attached hydrogens (tertiary/aromatic N) is 6. The van der Waals surface area contributed by atoms with Gasteiger partial charge in [0.1, 0.15) is 0 Å². The fraction of sp³-hybridized carbons (Fsp3) is 0.524. The molecule has 2 saturated heterocycles. The maximum absolute atomic E-state index is 13.4. The minimum absolute atomic E-state index is 0.0174. The van der Waals surface area contributed by atoms with Crippen molar-refractivity contribution in [2.45, 2.75) is 32.4 Å². The molecule has 0 N–H and O–H groups in total. The first kappa shape index (κ1) is 19.2. The summed E-state index contributed by atoms with van der Waals surface area (Å²) in [4.78, 5) is 17.1. The Kier molecular flexibility index (Phi) is 5.22. The Morgan fingerprint density at radius 2 is 2.10 bits per heavy atom. The molecule has 1 aromatic carbocycles. The maximum atomic E-state index is 13.4. The summed E-state index contributed by atoms with van der Waals surface area (Å²) in [6.07, 6.45) is 2.09. The molecule has 0 radical (unpaired) electrons. The van der Waals surface area contributed by atoms with Crippen LogP contribution in [0.5, 0.6) is 0 Å². The van der Waals surface area contributed by atoms with Crippen molar-refractivity contribution in [3.8, 4) is 0 Å². The SMILES string of the molecule is Cc1ccc2c(c1)cc(CN(C[C@H]1CCCO1)C(=O)N1CCOCC1)c1nnnn12. The van der Waals surface area contributed by atoms with Gasteiger partial charge in [-0.1, -0.05) is 11.6 Å². The van der Waals surface area contributed by atoms with Gasteiger partial charge in [-0.05, 0) is 48.4 Å². The van der Waals surface area contributed by atoms with Gasteiger partial charge in [0.25, 0.3) is 0 Å². The molecule has 9 heteroatoms. The van der Waals surface area contributed by atoms with Gasteiger partial charge in [-0.2, -0.15) is 4.52 Å². The van der Waals surface area contributed by atoms with Gasteiger partial charge in [-0.3, -0.25) is 0 Å². The van der Waals surface area contributed by atoms with E-state index in [0.717, 1.165) is 35.9 Å². The molecule has 2 aliphatic rings. The molecule has 0 unspecified atom stereocenters. The van der Waals surface area contributed by atoms with Crippen molar-refractivity contribution >= 4 is 22.6 Å². The lowest BCUT2D eigenvalue weighted by atomic mass is 10.1. The number of pyridine rings is 1. The third-order valence-electron chi connectivity index (χ3n) is 5.86. The van der Waals surface area contributed by atoms with Crippen LogP contribution in [0.25, 0.3) is 16.6 Å². The Bertz CT molecular complexity index is 1060. The first-order valence-electron chi connectivity index (χ1n) is 10.5. The number of fused-ring (bicyclic) bond motifs is 3. The van der Waals surface area contributed by atoms with Gasteiger partial charge in [-0.15, -0.1) is 5.10 Å². The second kappa shape index (κ2) is 8.16. The molecule has 2 fully saturated rings.